The molecule has 0 heterocycles. The van der Waals surface area contributed by atoms with E-state index in [2.05, 4.69) is 17.6 Å². The number of hydrazine groups is 1. The maximum Gasteiger partial charge on any atom is 0.119 e. The molecule has 1 aliphatic carbocycles. The first-order valence-corrected chi connectivity index (χ1v) is 4.98. The van der Waals surface area contributed by atoms with Crippen molar-refractivity contribution in [3.05, 3.63) is 29.3 Å². The lowest BCUT2D eigenvalue weighted by molar-refractivity contribution is 0.409. The van der Waals surface area contributed by atoms with E-state index in [0.29, 0.717) is 0 Å². The van der Waals surface area contributed by atoms with Crippen molar-refractivity contribution in [3.8, 4) is 5.75 Å². The van der Waals surface area contributed by atoms with E-state index >= 15 is 0 Å². The Morgan fingerprint density at radius 2 is 2.36 bits per heavy atom. The molecule has 0 saturated heterocycles. The zero-order valence-electron chi connectivity index (χ0n) is 8.42. The Hall–Kier alpha value is -1.06. The number of rotatable bonds is 2. The van der Waals surface area contributed by atoms with Crippen molar-refractivity contribution < 1.29 is 4.74 Å². The first-order valence-electron chi connectivity index (χ1n) is 4.98. The van der Waals surface area contributed by atoms with Crippen LogP contribution in [0.5, 0.6) is 5.75 Å². The van der Waals surface area contributed by atoms with Crippen LogP contribution >= 0.6 is 0 Å². The van der Waals surface area contributed by atoms with E-state index in [9.17, 15) is 0 Å². The lowest BCUT2D eigenvalue weighted by Crippen LogP contribution is -2.30. The first-order chi connectivity index (χ1) is 6.85. The van der Waals surface area contributed by atoms with Gasteiger partial charge in [-0.1, -0.05) is 6.07 Å². The highest BCUT2D eigenvalue weighted by Crippen LogP contribution is 2.31. The average Bonchev–Trinajstić information content (AvgIpc) is 2.27. The number of ether oxygens (including phenoxy) is 1. The standard InChI is InChI=1S/C11H16N2O/c1-14-9-6-5-8-3-2-4-11(13-12)10(8)7-9/h5-7,11,13H,2-4,12H2,1H3/t11-/m1/s1. The molecule has 1 atom stereocenters. The van der Waals surface area contributed by atoms with E-state index in [0.717, 1.165) is 18.6 Å². The minimum Gasteiger partial charge on any atom is -0.497 e. The number of hydrogen-bond acceptors (Lipinski definition) is 3. The number of nitrogens with one attached hydrogen (secondary N) is 1. The molecule has 0 saturated carbocycles. The molecule has 14 heavy (non-hydrogen) atoms. The molecule has 0 bridgehead atoms. The molecule has 0 amide bonds. The number of hydrogen-bond donors (Lipinski definition) is 2. The molecule has 3 nitrogen and oxygen atoms in total. The van der Waals surface area contributed by atoms with Gasteiger partial charge in [-0.15, -0.1) is 0 Å². The van der Waals surface area contributed by atoms with Crippen molar-refractivity contribution in [2.24, 2.45) is 5.84 Å². The number of nitrogens with two attached hydrogens (primary N) is 1. The summed E-state index contributed by atoms with van der Waals surface area (Å²) in [5, 5.41) is 0. The molecule has 76 valence electrons. The molecular weight excluding hydrogens is 176 g/mol. The third-order valence-corrected chi connectivity index (χ3v) is 2.87. The lowest BCUT2D eigenvalue weighted by Gasteiger charge is -2.25. The highest BCUT2D eigenvalue weighted by atomic mass is 16.5. The fourth-order valence-electron chi connectivity index (χ4n) is 2.08. The van der Waals surface area contributed by atoms with Crippen molar-refractivity contribution in [2.75, 3.05) is 7.11 Å². The van der Waals surface area contributed by atoms with Crippen LogP contribution in [0.2, 0.25) is 0 Å². The quantitative estimate of drug-likeness (QED) is 0.552. The summed E-state index contributed by atoms with van der Waals surface area (Å²) >= 11 is 0. The van der Waals surface area contributed by atoms with E-state index in [4.69, 9.17) is 10.6 Å². The summed E-state index contributed by atoms with van der Waals surface area (Å²) in [6, 6.07) is 6.52. The van der Waals surface area contributed by atoms with Crippen LogP contribution < -0.4 is 16.0 Å². The number of methoxy groups -OCH3 is 1. The summed E-state index contributed by atoms with van der Waals surface area (Å²) < 4.78 is 5.20. The molecule has 0 aliphatic heterocycles. The van der Waals surface area contributed by atoms with Crippen molar-refractivity contribution in [2.45, 2.75) is 25.3 Å². The molecule has 3 heteroatoms. The molecule has 0 unspecified atom stereocenters. The molecule has 0 fully saturated rings. The van der Waals surface area contributed by atoms with Crippen LogP contribution in [0.25, 0.3) is 0 Å². The van der Waals surface area contributed by atoms with Gasteiger partial charge in [-0.2, -0.15) is 0 Å². The first kappa shape index (κ1) is 9.49. The van der Waals surface area contributed by atoms with Crippen molar-refractivity contribution in [1.82, 2.24) is 5.43 Å². The van der Waals surface area contributed by atoms with Gasteiger partial charge in [0.05, 0.1) is 7.11 Å². The Morgan fingerprint density at radius 1 is 1.50 bits per heavy atom. The van der Waals surface area contributed by atoms with E-state index in [1.165, 1.54) is 17.5 Å². The molecule has 1 aromatic rings. The molecule has 0 radical (unpaired) electrons. The second kappa shape index (κ2) is 3.98. The van der Waals surface area contributed by atoms with Gasteiger partial charge in [-0.25, -0.2) is 0 Å². The van der Waals surface area contributed by atoms with Crippen LogP contribution in [-0.4, -0.2) is 7.11 Å². The Morgan fingerprint density at radius 3 is 3.07 bits per heavy atom. The van der Waals surface area contributed by atoms with Crippen molar-refractivity contribution >= 4 is 0 Å². The van der Waals surface area contributed by atoms with Gasteiger partial charge < -0.3 is 4.74 Å². The summed E-state index contributed by atoms with van der Waals surface area (Å²) in [7, 11) is 1.69. The molecule has 0 spiro atoms. The minimum atomic E-state index is 0.286. The summed E-state index contributed by atoms with van der Waals surface area (Å²) in [5.41, 5.74) is 5.53. The molecule has 1 aliphatic rings. The maximum atomic E-state index is 5.52. The van der Waals surface area contributed by atoms with Gasteiger partial charge in [0, 0.05) is 6.04 Å². The van der Waals surface area contributed by atoms with E-state index in [1.807, 2.05) is 6.07 Å². The highest BCUT2D eigenvalue weighted by molar-refractivity contribution is 5.39. The fourth-order valence-corrected chi connectivity index (χ4v) is 2.08. The molecule has 1 aromatic carbocycles. The zero-order chi connectivity index (χ0) is 9.97. The van der Waals surface area contributed by atoms with Gasteiger partial charge in [0.15, 0.2) is 0 Å². The van der Waals surface area contributed by atoms with Gasteiger partial charge in [-0.3, -0.25) is 11.3 Å². The second-order valence-electron chi connectivity index (χ2n) is 3.68. The molecule has 0 aromatic heterocycles. The second-order valence-corrected chi connectivity index (χ2v) is 3.68. The zero-order valence-corrected chi connectivity index (χ0v) is 8.42. The Labute approximate surface area is 84.2 Å². The summed E-state index contributed by atoms with van der Waals surface area (Å²) in [4.78, 5) is 0. The van der Waals surface area contributed by atoms with E-state index in [-0.39, 0.29) is 6.04 Å². The van der Waals surface area contributed by atoms with Gasteiger partial charge in [0.1, 0.15) is 5.75 Å². The van der Waals surface area contributed by atoms with Gasteiger partial charge >= 0.3 is 0 Å². The van der Waals surface area contributed by atoms with Gasteiger partial charge in [0.2, 0.25) is 0 Å². The third kappa shape index (κ3) is 1.61. The topological polar surface area (TPSA) is 47.3 Å². The summed E-state index contributed by atoms with van der Waals surface area (Å²) in [5.74, 6) is 6.43. The van der Waals surface area contributed by atoms with Crippen LogP contribution in [0.15, 0.2) is 18.2 Å². The molecule has 3 N–H and O–H groups in total. The fraction of sp³-hybridized carbons (Fsp3) is 0.455. The van der Waals surface area contributed by atoms with Gasteiger partial charge in [-0.05, 0) is 42.5 Å². The predicted molar refractivity (Wildman–Crippen MR) is 56.0 cm³/mol. The van der Waals surface area contributed by atoms with E-state index < -0.39 is 0 Å². The normalized spacial score (nSPS) is 20.3. The maximum absolute atomic E-state index is 5.52. The number of aryl methyl sites for hydroxylation is 1. The summed E-state index contributed by atoms with van der Waals surface area (Å²) in [6.45, 7) is 0. The SMILES string of the molecule is COc1ccc2c(c1)[C@H](NN)CCC2. The van der Waals surface area contributed by atoms with Crippen LogP contribution in [0.1, 0.15) is 30.0 Å². The Balaban J connectivity index is 2.38. The van der Waals surface area contributed by atoms with Gasteiger partial charge in [0.25, 0.3) is 0 Å². The average molecular weight is 192 g/mol. The van der Waals surface area contributed by atoms with Crippen LogP contribution in [-0.2, 0) is 6.42 Å². The predicted octanol–water partition coefficient (Wildman–Crippen LogP) is 1.54. The summed E-state index contributed by atoms with van der Waals surface area (Å²) in [6.07, 6.45) is 3.46. The van der Waals surface area contributed by atoms with Crippen LogP contribution in [0, 0.1) is 0 Å². The van der Waals surface area contributed by atoms with Crippen LogP contribution in [0.4, 0.5) is 0 Å². The molecular formula is C11H16N2O. The number of benzene rings is 1. The Bertz CT molecular complexity index is 325. The van der Waals surface area contributed by atoms with E-state index in [1.54, 1.807) is 7.11 Å². The lowest BCUT2D eigenvalue weighted by atomic mass is 9.88. The Kier molecular flexibility index (Phi) is 2.70. The van der Waals surface area contributed by atoms with Crippen molar-refractivity contribution in [3.63, 3.8) is 0 Å². The highest BCUT2D eigenvalue weighted by Gasteiger charge is 2.19. The van der Waals surface area contributed by atoms with Crippen molar-refractivity contribution in [1.29, 1.82) is 0 Å². The largest absolute Gasteiger partial charge is 0.497 e. The smallest absolute Gasteiger partial charge is 0.119 e. The van der Waals surface area contributed by atoms with Crippen LogP contribution in [0.3, 0.4) is 0 Å². The minimum absolute atomic E-state index is 0.286. The third-order valence-electron chi connectivity index (χ3n) is 2.87. The monoisotopic (exact) mass is 192 g/mol. The molecule has 2 rings (SSSR count). The number of fused-ring (bicyclic) bond motifs is 1.